The summed E-state index contributed by atoms with van der Waals surface area (Å²) in [5, 5.41) is 3.66. The third-order valence-corrected chi connectivity index (χ3v) is 5.55. The summed E-state index contributed by atoms with van der Waals surface area (Å²) in [7, 11) is 0. The van der Waals surface area contributed by atoms with Gasteiger partial charge in [0.1, 0.15) is 5.52 Å². The number of carbonyl (C=O) groups is 1. The fraction of sp³-hybridized carbons (Fsp3) is 0.350. The first kappa shape index (κ1) is 17.8. The minimum atomic E-state index is -0.0707. The minimum absolute atomic E-state index is 0.0707. The molecule has 2 aromatic heterocycles. The molecular formula is C20H22ClN5O. The maximum absolute atomic E-state index is 12.7. The first-order valence-corrected chi connectivity index (χ1v) is 9.56. The molecule has 27 heavy (non-hydrogen) atoms. The summed E-state index contributed by atoms with van der Waals surface area (Å²) in [4.78, 5) is 23.5. The van der Waals surface area contributed by atoms with Crippen LogP contribution < -0.4 is 5.32 Å². The van der Waals surface area contributed by atoms with Gasteiger partial charge in [0.15, 0.2) is 5.65 Å². The van der Waals surface area contributed by atoms with Crippen molar-refractivity contribution in [1.82, 2.24) is 19.4 Å². The summed E-state index contributed by atoms with van der Waals surface area (Å²) >= 11 is 6.15. The van der Waals surface area contributed by atoms with Crippen molar-refractivity contribution in [1.29, 1.82) is 0 Å². The number of aromatic nitrogens is 3. The van der Waals surface area contributed by atoms with Crippen molar-refractivity contribution in [3.63, 3.8) is 0 Å². The summed E-state index contributed by atoms with van der Waals surface area (Å²) in [5.41, 5.74) is 3.45. The van der Waals surface area contributed by atoms with Crippen LogP contribution in [0.25, 0.3) is 11.2 Å². The van der Waals surface area contributed by atoms with E-state index in [1.807, 2.05) is 48.5 Å². The topological polar surface area (TPSA) is 63.1 Å². The van der Waals surface area contributed by atoms with Crippen molar-refractivity contribution in [3.8, 4) is 0 Å². The van der Waals surface area contributed by atoms with Crippen LogP contribution in [0.15, 0.2) is 42.9 Å². The second kappa shape index (κ2) is 7.56. The van der Waals surface area contributed by atoms with Crippen LogP contribution >= 0.6 is 11.6 Å². The number of hydrogen-bond donors (Lipinski definition) is 1. The molecule has 1 N–H and O–H groups in total. The molecule has 1 aliphatic heterocycles. The van der Waals surface area contributed by atoms with Gasteiger partial charge in [0.2, 0.25) is 0 Å². The number of pyridine rings is 1. The van der Waals surface area contributed by atoms with E-state index in [0.29, 0.717) is 10.9 Å². The lowest BCUT2D eigenvalue weighted by Crippen LogP contribution is -2.43. The van der Waals surface area contributed by atoms with Crippen LogP contribution in [0.5, 0.6) is 0 Å². The highest BCUT2D eigenvalue weighted by Gasteiger charge is 2.25. The van der Waals surface area contributed by atoms with E-state index in [9.17, 15) is 4.79 Å². The van der Waals surface area contributed by atoms with E-state index in [2.05, 4.69) is 19.9 Å². The molecule has 0 radical (unpaired) electrons. The lowest BCUT2D eigenvalue weighted by atomic mass is 9.98. The second-order valence-corrected chi connectivity index (χ2v) is 7.45. The molecule has 1 aliphatic rings. The summed E-state index contributed by atoms with van der Waals surface area (Å²) in [6.07, 6.45) is 5.71. The predicted octanol–water partition coefficient (Wildman–Crippen LogP) is 4.34. The highest BCUT2D eigenvalue weighted by atomic mass is 35.5. The molecule has 3 heterocycles. The lowest BCUT2D eigenvalue weighted by Gasteiger charge is -2.33. The van der Waals surface area contributed by atoms with Crippen LogP contribution in [0, 0.1) is 12.8 Å². The third kappa shape index (κ3) is 3.76. The standard InChI is InChI=1S/C20H22ClN5O/c1-14-16(21)6-2-7-17(14)24-20(27)25-10-4-5-15(11-25)12-26-13-23-18-8-3-9-22-19(18)26/h2-3,6-9,13,15H,4-5,10-12H2,1H3,(H,24,27). The molecule has 1 atom stereocenters. The number of nitrogens with zero attached hydrogens (tertiary/aromatic N) is 4. The van der Waals surface area contributed by atoms with Crippen molar-refractivity contribution in [2.24, 2.45) is 5.92 Å². The van der Waals surface area contributed by atoms with Gasteiger partial charge in [0, 0.05) is 36.5 Å². The Labute approximate surface area is 163 Å². The molecule has 1 unspecified atom stereocenters. The smallest absolute Gasteiger partial charge is 0.321 e. The summed E-state index contributed by atoms with van der Waals surface area (Å²) in [6, 6.07) is 9.34. The Morgan fingerprint density at radius 2 is 2.19 bits per heavy atom. The van der Waals surface area contributed by atoms with Gasteiger partial charge < -0.3 is 14.8 Å². The van der Waals surface area contributed by atoms with Crippen molar-refractivity contribution in [3.05, 3.63) is 53.4 Å². The molecule has 1 fully saturated rings. The maximum Gasteiger partial charge on any atom is 0.321 e. The van der Waals surface area contributed by atoms with Gasteiger partial charge in [0.05, 0.1) is 6.33 Å². The van der Waals surface area contributed by atoms with Gasteiger partial charge in [-0.15, -0.1) is 0 Å². The van der Waals surface area contributed by atoms with E-state index >= 15 is 0 Å². The van der Waals surface area contributed by atoms with Gasteiger partial charge in [0.25, 0.3) is 0 Å². The number of piperidine rings is 1. The van der Waals surface area contributed by atoms with E-state index in [-0.39, 0.29) is 6.03 Å². The first-order chi connectivity index (χ1) is 13.1. The average Bonchev–Trinajstić information content (AvgIpc) is 3.09. The Morgan fingerprint density at radius 1 is 1.30 bits per heavy atom. The van der Waals surface area contributed by atoms with Crippen LogP contribution in [-0.4, -0.2) is 38.6 Å². The minimum Gasteiger partial charge on any atom is -0.324 e. The Balaban J connectivity index is 1.43. The van der Waals surface area contributed by atoms with Crippen molar-refractivity contribution < 1.29 is 4.79 Å². The number of amides is 2. The van der Waals surface area contributed by atoms with Gasteiger partial charge in [-0.25, -0.2) is 14.8 Å². The number of nitrogens with one attached hydrogen (secondary N) is 1. The Hall–Kier alpha value is -2.60. The number of fused-ring (bicyclic) bond motifs is 1. The first-order valence-electron chi connectivity index (χ1n) is 9.18. The lowest BCUT2D eigenvalue weighted by molar-refractivity contribution is 0.171. The number of anilines is 1. The number of urea groups is 1. The normalized spacial score (nSPS) is 17.3. The van der Waals surface area contributed by atoms with Crippen molar-refractivity contribution in [2.75, 3.05) is 18.4 Å². The molecule has 4 rings (SSSR count). The zero-order valence-corrected chi connectivity index (χ0v) is 16.0. The molecule has 0 aliphatic carbocycles. The van der Waals surface area contributed by atoms with Gasteiger partial charge in [-0.1, -0.05) is 17.7 Å². The fourth-order valence-electron chi connectivity index (χ4n) is 3.64. The predicted molar refractivity (Wildman–Crippen MR) is 107 cm³/mol. The molecule has 2 amide bonds. The zero-order valence-electron chi connectivity index (χ0n) is 15.2. The van der Waals surface area contributed by atoms with E-state index in [4.69, 9.17) is 11.6 Å². The number of hydrogen-bond acceptors (Lipinski definition) is 3. The maximum atomic E-state index is 12.7. The van der Waals surface area contributed by atoms with Gasteiger partial charge in [-0.3, -0.25) is 0 Å². The number of rotatable bonds is 3. The summed E-state index contributed by atoms with van der Waals surface area (Å²) < 4.78 is 2.09. The van der Waals surface area contributed by atoms with Crippen molar-refractivity contribution >= 4 is 34.5 Å². The molecular weight excluding hydrogens is 362 g/mol. The molecule has 6 nitrogen and oxygen atoms in total. The Kier molecular flexibility index (Phi) is 4.99. The number of likely N-dealkylation sites (tertiary alicyclic amines) is 1. The number of benzene rings is 1. The van der Waals surface area contributed by atoms with Gasteiger partial charge in [-0.2, -0.15) is 0 Å². The molecule has 1 saturated heterocycles. The third-order valence-electron chi connectivity index (χ3n) is 5.14. The molecule has 1 aromatic carbocycles. The van der Waals surface area contributed by atoms with Crippen LogP contribution in [-0.2, 0) is 6.54 Å². The quantitative estimate of drug-likeness (QED) is 0.731. The Bertz CT molecular complexity index is 970. The van der Waals surface area contributed by atoms with E-state index in [1.165, 1.54) is 0 Å². The van der Waals surface area contributed by atoms with Crippen LogP contribution in [0.3, 0.4) is 0 Å². The van der Waals surface area contributed by atoms with E-state index in [1.54, 1.807) is 6.20 Å². The highest BCUT2D eigenvalue weighted by molar-refractivity contribution is 6.31. The van der Waals surface area contributed by atoms with Gasteiger partial charge in [-0.05, 0) is 55.5 Å². The Morgan fingerprint density at radius 3 is 3.07 bits per heavy atom. The highest BCUT2D eigenvalue weighted by Crippen LogP contribution is 2.25. The molecule has 0 spiro atoms. The molecule has 140 valence electrons. The van der Waals surface area contributed by atoms with Crippen LogP contribution in [0.4, 0.5) is 10.5 Å². The molecule has 7 heteroatoms. The fourth-order valence-corrected chi connectivity index (χ4v) is 3.82. The summed E-state index contributed by atoms with van der Waals surface area (Å²) in [6.45, 7) is 4.21. The average molecular weight is 384 g/mol. The number of imidazole rings is 1. The summed E-state index contributed by atoms with van der Waals surface area (Å²) in [5.74, 6) is 0.379. The monoisotopic (exact) mass is 383 g/mol. The number of carbonyl (C=O) groups excluding carboxylic acids is 1. The second-order valence-electron chi connectivity index (χ2n) is 7.04. The molecule has 0 saturated carbocycles. The largest absolute Gasteiger partial charge is 0.324 e. The van der Waals surface area contributed by atoms with Crippen LogP contribution in [0.2, 0.25) is 5.02 Å². The van der Waals surface area contributed by atoms with Crippen molar-refractivity contribution in [2.45, 2.75) is 26.3 Å². The van der Waals surface area contributed by atoms with E-state index in [0.717, 1.165) is 54.9 Å². The SMILES string of the molecule is Cc1c(Cl)cccc1NC(=O)N1CCCC(Cn2cnc3cccnc32)C1. The van der Waals surface area contributed by atoms with E-state index < -0.39 is 0 Å². The van der Waals surface area contributed by atoms with Gasteiger partial charge >= 0.3 is 6.03 Å². The van der Waals surface area contributed by atoms with Crippen LogP contribution in [0.1, 0.15) is 18.4 Å². The number of halogens is 1. The zero-order chi connectivity index (χ0) is 18.8. The molecule has 3 aromatic rings. The molecule has 0 bridgehead atoms.